The van der Waals surface area contributed by atoms with E-state index in [2.05, 4.69) is 93.7 Å². The first-order chi connectivity index (χ1) is 14.2. The Morgan fingerprint density at radius 3 is 2.07 bits per heavy atom. The van der Waals surface area contributed by atoms with Crippen LogP contribution in [0.25, 0.3) is 0 Å². The number of hydrogen-bond acceptors (Lipinski definition) is 3. The van der Waals surface area contributed by atoms with Gasteiger partial charge in [0.15, 0.2) is 0 Å². The number of nitrogens with one attached hydrogen (secondary N) is 1. The summed E-state index contributed by atoms with van der Waals surface area (Å²) in [6, 6.07) is 21.4. The van der Waals surface area contributed by atoms with Crippen molar-refractivity contribution in [3.05, 3.63) is 60.7 Å². The third-order valence-corrected chi connectivity index (χ3v) is 11.1. The van der Waals surface area contributed by atoms with Crippen molar-refractivity contribution in [2.45, 2.75) is 58.2 Å². The minimum Gasteiger partial charge on any atom is -0.407 e. The number of benzene rings is 2. The molecule has 3 rings (SSSR count). The van der Waals surface area contributed by atoms with Crippen LogP contribution in [0.15, 0.2) is 60.7 Å². The van der Waals surface area contributed by atoms with Gasteiger partial charge in [0.05, 0.1) is 12.7 Å². The van der Waals surface area contributed by atoms with Crippen LogP contribution in [0.3, 0.4) is 0 Å². The highest BCUT2D eigenvalue weighted by atomic mass is 28.4. The molecule has 3 atom stereocenters. The molecule has 1 amide bonds. The number of ether oxygens (including phenoxy) is 1. The summed E-state index contributed by atoms with van der Waals surface area (Å²) in [6.45, 7) is 11.7. The molecule has 0 aliphatic carbocycles. The molecule has 2 aromatic carbocycles. The lowest BCUT2D eigenvalue weighted by Gasteiger charge is -2.45. The summed E-state index contributed by atoms with van der Waals surface area (Å²) in [6.07, 6.45) is 0.958. The van der Waals surface area contributed by atoms with Crippen molar-refractivity contribution in [2.24, 2.45) is 5.92 Å². The molecule has 2 aromatic rings. The monoisotopic (exact) mass is 425 g/mol. The van der Waals surface area contributed by atoms with E-state index in [1.54, 1.807) is 6.92 Å². The van der Waals surface area contributed by atoms with Crippen molar-refractivity contribution in [1.82, 2.24) is 5.32 Å². The van der Waals surface area contributed by atoms with Crippen molar-refractivity contribution in [3.63, 3.8) is 0 Å². The van der Waals surface area contributed by atoms with Crippen LogP contribution in [0.1, 0.15) is 41.0 Å². The first-order valence-electron chi connectivity index (χ1n) is 10.9. The smallest absolute Gasteiger partial charge is 0.261 e. The molecule has 0 aromatic heterocycles. The molecule has 1 aliphatic rings. The van der Waals surface area contributed by atoms with Gasteiger partial charge in [0, 0.05) is 25.5 Å². The Balaban J connectivity index is 1.98. The molecule has 0 saturated carbocycles. The standard InChI is InChI=1S/C25H35NO3Si/c1-19-16-24(26-20(2)27)21(17-28-19)18-29-30(25(3,4)5,22-12-8-6-9-13-22)23-14-10-7-11-15-23/h6-15,19,21,24H,16-18H2,1-5H3,(H,26,27)/t19-,21-,24+/m1/s1. The summed E-state index contributed by atoms with van der Waals surface area (Å²) in [4.78, 5) is 11.8. The summed E-state index contributed by atoms with van der Waals surface area (Å²) in [5.74, 6) is 0.135. The maximum Gasteiger partial charge on any atom is 0.261 e. The fourth-order valence-electron chi connectivity index (χ4n) is 4.62. The average molecular weight is 426 g/mol. The summed E-state index contributed by atoms with van der Waals surface area (Å²) in [7, 11) is -2.59. The van der Waals surface area contributed by atoms with E-state index in [1.165, 1.54) is 10.4 Å². The normalized spacial score (nSPS) is 22.5. The van der Waals surface area contributed by atoms with E-state index in [9.17, 15) is 4.79 Å². The van der Waals surface area contributed by atoms with Gasteiger partial charge in [-0.15, -0.1) is 0 Å². The van der Waals surface area contributed by atoms with Gasteiger partial charge in [-0.25, -0.2) is 0 Å². The second-order valence-electron chi connectivity index (χ2n) is 9.42. The van der Waals surface area contributed by atoms with Gasteiger partial charge in [0.25, 0.3) is 8.32 Å². The third-order valence-electron chi connectivity index (χ3n) is 6.07. The molecule has 162 valence electrons. The predicted molar refractivity (Wildman–Crippen MR) is 125 cm³/mol. The quantitative estimate of drug-likeness (QED) is 0.721. The fourth-order valence-corrected chi connectivity index (χ4v) is 9.24. The van der Waals surface area contributed by atoms with E-state index in [0.717, 1.165) is 6.42 Å². The van der Waals surface area contributed by atoms with Crippen LogP contribution in [0.4, 0.5) is 0 Å². The molecule has 1 heterocycles. The SMILES string of the molecule is CC(=O)N[C@H]1C[C@@H](C)OC[C@@H]1CO[Si](c1ccccc1)(c1ccccc1)C(C)(C)C. The zero-order chi connectivity index (χ0) is 21.8. The van der Waals surface area contributed by atoms with Crippen LogP contribution in [0, 0.1) is 5.92 Å². The largest absolute Gasteiger partial charge is 0.407 e. The summed E-state index contributed by atoms with van der Waals surface area (Å²) in [5.41, 5.74) is 0. The van der Waals surface area contributed by atoms with Crippen LogP contribution < -0.4 is 15.7 Å². The minimum absolute atomic E-state index is 0.00421. The predicted octanol–water partition coefficient (Wildman–Crippen LogP) is 3.49. The van der Waals surface area contributed by atoms with Gasteiger partial charge in [-0.1, -0.05) is 81.4 Å². The van der Waals surface area contributed by atoms with Gasteiger partial charge < -0.3 is 14.5 Å². The first kappa shape index (κ1) is 22.7. The molecular formula is C25H35NO3Si. The molecule has 1 fully saturated rings. The number of amides is 1. The molecule has 1 N–H and O–H groups in total. The lowest BCUT2D eigenvalue weighted by molar-refractivity contribution is -0.122. The van der Waals surface area contributed by atoms with Gasteiger partial charge in [0.2, 0.25) is 5.91 Å². The van der Waals surface area contributed by atoms with E-state index in [4.69, 9.17) is 9.16 Å². The molecular weight excluding hydrogens is 390 g/mol. The van der Waals surface area contributed by atoms with E-state index < -0.39 is 8.32 Å². The molecule has 0 radical (unpaired) electrons. The van der Waals surface area contributed by atoms with Crippen molar-refractivity contribution in [1.29, 1.82) is 0 Å². The van der Waals surface area contributed by atoms with Gasteiger partial charge >= 0.3 is 0 Å². The van der Waals surface area contributed by atoms with Crippen LogP contribution in [0.2, 0.25) is 5.04 Å². The molecule has 1 saturated heterocycles. The van der Waals surface area contributed by atoms with Gasteiger partial charge in [-0.3, -0.25) is 4.79 Å². The zero-order valence-corrected chi connectivity index (χ0v) is 19.9. The molecule has 4 nitrogen and oxygen atoms in total. The number of carbonyl (C=O) groups excluding carboxylic acids is 1. The first-order valence-corrected chi connectivity index (χ1v) is 12.8. The highest BCUT2D eigenvalue weighted by Gasteiger charge is 2.50. The summed E-state index contributed by atoms with van der Waals surface area (Å²) >= 11 is 0. The number of rotatable bonds is 6. The lowest BCUT2D eigenvalue weighted by atomic mass is 9.93. The Morgan fingerprint density at radius 2 is 1.60 bits per heavy atom. The second-order valence-corrected chi connectivity index (χ2v) is 13.7. The van der Waals surface area contributed by atoms with Crippen LogP contribution >= 0.6 is 0 Å². The molecule has 1 aliphatic heterocycles. The average Bonchev–Trinajstić information content (AvgIpc) is 2.70. The van der Waals surface area contributed by atoms with Crippen molar-refractivity contribution in [3.8, 4) is 0 Å². The Kier molecular flexibility index (Phi) is 7.16. The van der Waals surface area contributed by atoms with Crippen LogP contribution in [-0.4, -0.2) is 39.6 Å². The van der Waals surface area contributed by atoms with Crippen molar-refractivity contribution < 1.29 is 14.0 Å². The molecule has 0 bridgehead atoms. The van der Waals surface area contributed by atoms with Crippen molar-refractivity contribution >= 4 is 24.6 Å². The van der Waals surface area contributed by atoms with Crippen LogP contribution in [0.5, 0.6) is 0 Å². The van der Waals surface area contributed by atoms with Gasteiger partial charge in [-0.2, -0.15) is 0 Å². The lowest BCUT2D eigenvalue weighted by Crippen LogP contribution is -2.67. The zero-order valence-electron chi connectivity index (χ0n) is 18.9. The maximum absolute atomic E-state index is 11.8. The summed E-state index contributed by atoms with van der Waals surface area (Å²) < 4.78 is 13.0. The van der Waals surface area contributed by atoms with E-state index in [0.29, 0.717) is 13.2 Å². The fraction of sp³-hybridized carbons (Fsp3) is 0.480. The van der Waals surface area contributed by atoms with Gasteiger partial charge in [-0.05, 0) is 28.8 Å². The molecule has 30 heavy (non-hydrogen) atoms. The Bertz CT molecular complexity index is 780. The molecule has 5 heteroatoms. The van der Waals surface area contributed by atoms with Gasteiger partial charge in [0.1, 0.15) is 0 Å². The Labute approximate surface area is 182 Å². The maximum atomic E-state index is 11.8. The second kappa shape index (κ2) is 9.46. The van der Waals surface area contributed by atoms with E-state index in [1.807, 2.05) is 0 Å². The Morgan fingerprint density at radius 1 is 1.07 bits per heavy atom. The number of hydrogen-bond donors (Lipinski definition) is 1. The minimum atomic E-state index is -2.59. The number of carbonyl (C=O) groups is 1. The van der Waals surface area contributed by atoms with Crippen LogP contribution in [-0.2, 0) is 14.0 Å². The molecule has 0 unspecified atom stereocenters. The molecule has 0 spiro atoms. The van der Waals surface area contributed by atoms with E-state index >= 15 is 0 Å². The van der Waals surface area contributed by atoms with E-state index in [-0.39, 0.29) is 29.0 Å². The highest BCUT2D eigenvalue weighted by Crippen LogP contribution is 2.37. The van der Waals surface area contributed by atoms with Crippen molar-refractivity contribution in [2.75, 3.05) is 13.2 Å². The highest BCUT2D eigenvalue weighted by molar-refractivity contribution is 6.99. The topological polar surface area (TPSA) is 47.6 Å². The summed E-state index contributed by atoms with van der Waals surface area (Å²) in [5, 5.41) is 5.60. The third kappa shape index (κ3) is 4.85. The Hall–Kier alpha value is -1.95.